The van der Waals surface area contributed by atoms with Crippen molar-refractivity contribution in [1.29, 1.82) is 0 Å². The highest BCUT2D eigenvalue weighted by Gasteiger charge is 2.51. The minimum atomic E-state index is -1.22. The monoisotopic (exact) mass is 322 g/mol. The van der Waals surface area contributed by atoms with Crippen LogP contribution in [-0.4, -0.2) is 28.4 Å². The molecule has 0 bridgehead atoms. The van der Waals surface area contributed by atoms with Gasteiger partial charge < -0.3 is 15.7 Å². The molecule has 7 heteroatoms. The van der Waals surface area contributed by atoms with Gasteiger partial charge in [-0.1, -0.05) is 13.8 Å². The van der Waals surface area contributed by atoms with Crippen molar-refractivity contribution < 1.29 is 23.9 Å². The van der Waals surface area contributed by atoms with Crippen molar-refractivity contribution in [2.75, 3.05) is 5.32 Å². The van der Waals surface area contributed by atoms with Gasteiger partial charge >= 0.3 is 5.97 Å². The van der Waals surface area contributed by atoms with Crippen molar-refractivity contribution >= 4 is 23.5 Å². The number of carboxylic acids is 1. The molecule has 0 atom stereocenters. The van der Waals surface area contributed by atoms with Crippen LogP contribution >= 0.6 is 0 Å². The minimum Gasteiger partial charge on any atom is -0.480 e. The summed E-state index contributed by atoms with van der Waals surface area (Å²) in [5, 5.41) is 13.9. The molecule has 2 amide bonds. The van der Waals surface area contributed by atoms with E-state index in [9.17, 15) is 18.8 Å². The highest BCUT2D eigenvalue weighted by molar-refractivity contribution is 5.99. The van der Waals surface area contributed by atoms with Gasteiger partial charge in [-0.05, 0) is 37.0 Å². The molecule has 1 saturated carbocycles. The lowest BCUT2D eigenvalue weighted by atomic mass is 10.1. The molecule has 0 unspecified atom stereocenters. The van der Waals surface area contributed by atoms with Crippen LogP contribution in [0.25, 0.3) is 0 Å². The molecule has 0 aliphatic heterocycles. The number of rotatable bonds is 6. The molecule has 1 aliphatic rings. The van der Waals surface area contributed by atoms with Gasteiger partial charge in [0.15, 0.2) is 0 Å². The van der Waals surface area contributed by atoms with Gasteiger partial charge in [0.1, 0.15) is 11.4 Å². The molecule has 1 aliphatic carbocycles. The largest absolute Gasteiger partial charge is 0.480 e. The van der Waals surface area contributed by atoms with Crippen LogP contribution in [0.1, 0.15) is 43.5 Å². The standard InChI is InChI=1S/C16H19FN2O4/c1-9(2)7-13(20)18-12-4-3-10(8-11(12)17)14(21)19-16(5-6-16)15(22)23/h3-4,8-9H,5-7H2,1-2H3,(H,18,20)(H,19,21)(H,22,23). The Hall–Kier alpha value is -2.44. The Labute approximate surface area is 133 Å². The Morgan fingerprint density at radius 2 is 1.96 bits per heavy atom. The number of hydrogen-bond donors (Lipinski definition) is 3. The fourth-order valence-electron chi connectivity index (χ4n) is 2.14. The lowest BCUT2D eigenvalue weighted by molar-refractivity contribution is -0.140. The van der Waals surface area contributed by atoms with E-state index >= 15 is 0 Å². The van der Waals surface area contributed by atoms with E-state index in [0.29, 0.717) is 12.8 Å². The summed E-state index contributed by atoms with van der Waals surface area (Å²) in [6.07, 6.45) is 0.989. The van der Waals surface area contributed by atoms with Crippen molar-refractivity contribution in [1.82, 2.24) is 5.32 Å². The van der Waals surface area contributed by atoms with Gasteiger partial charge in [0.25, 0.3) is 5.91 Å². The normalized spacial score (nSPS) is 15.1. The molecule has 1 aromatic rings. The molecule has 124 valence electrons. The summed E-state index contributed by atoms with van der Waals surface area (Å²) in [5.41, 5.74) is -1.22. The van der Waals surface area contributed by atoms with Gasteiger partial charge in [-0.15, -0.1) is 0 Å². The van der Waals surface area contributed by atoms with Gasteiger partial charge in [0.2, 0.25) is 5.91 Å². The maximum Gasteiger partial charge on any atom is 0.329 e. The first kappa shape index (κ1) is 16.9. The van der Waals surface area contributed by atoms with Crippen LogP contribution in [0.15, 0.2) is 18.2 Å². The predicted molar refractivity (Wildman–Crippen MR) is 81.6 cm³/mol. The first-order valence-corrected chi connectivity index (χ1v) is 7.39. The molecule has 0 saturated heterocycles. The number of amides is 2. The lowest BCUT2D eigenvalue weighted by Gasteiger charge is -2.13. The van der Waals surface area contributed by atoms with Gasteiger partial charge in [-0.2, -0.15) is 0 Å². The Morgan fingerprint density at radius 1 is 1.30 bits per heavy atom. The number of nitrogens with one attached hydrogen (secondary N) is 2. The van der Waals surface area contributed by atoms with Crippen molar-refractivity contribution in [3.8, 4) is 0 Å². The minimum absolute atomic E-state index is 0.00781. The molecule has 0 radical (unpaired) electrons. The third-order valence-corrected chi connectivity index (χ3v) is 3.61. The topological polar surface area (TPSA) is 95.5 Å². The maximum atomic E-state index is 14.0. The molecule has 3 N–H and O–H groups in total. The third-order valence-electron chi connectivity index (χ3n) is 3.61. The average Bonchev–Trinajstić information content (AvgIpc) is 3.21. The number of halogens is 1. The van der Waals surface area contributed by atoms with Crippen molar-refractivity contribution in [3.05, 3.63) is 29.6 Å². The highest BCUT2D eigenvalue weighted by atomic mass is 19.1. The Kier molecular flexibility index (Phi) is 4.68. The van der Waals surface area contributed by atoms with E-state index in [0.717, 1.165) is 6.07 Å². The summed E-state index contributed by atoms with van der Waals surface area (Å²) in [6, 6.07) is 3.63. The number of carbonyl (C=O) groups is 3. The molecule has 23 heavy (non-hydrogen) atoms. The summed E-state index contributed by atoms with van der Waals surface area (Å²) in [5.74, 6) is -2.64. The van der Waals surface area contributed by atoms with Crippen LogP contribution in [0.4, 0.5) is 10.1 Å². The van der Waals surface area contributed by atoms with Crippen LogP contribution in [0, 0.1) is 11.7 Å². The number of hydrogen-bond acceptors (Lipinski definition) is 3. The fourth-order valence-corrected chi connectivity index (χ4v) is 2.14. The van der Waals surface area contributed by atoms with E-state index in [4.69, 9.17) is 5.11 Å². The van der Waals surface area contributed by atoms with E-state index in [2.05, 4.69) is 10.6 Å². The van der Waals surface area contributed by atoms with Gasteiger partial charge in [0.05, 0.1) is 5.69 Å². The molecule has 1 aromatic carbocycles. The smallest absolute Gasteiger partial charge is 0.329 e. The molecule has 0 aromatic heterocycles. The van der Waals surface area contributed by atoms with Crippen LogP contribution in [0.2, 0.25) is 0 Å². The van der Waals surface area contributed by atoms with Crippen LogP contribution < -0.4 is 10.6 Å². The second kappa shape index (κ2) is 6.36. The van der Waals surface area contributed by atoms with E-state index in [1.54, 1.807) is 0 Å². The van der Waals surface area contributed by atoms with E-state index in [-0.39, 0.29) is 29.5 Å². The van der Waals surface area contributed by atoms with E-state index < -0.39 is 23.2 Å². The molecule has 6 nitrogen and oxygen atoms in total. The summed E-state index contributed by atoms with van der Waals surface area (Å²) < 4.78 is 14.0. The van der Waals surface area contributed by atoms with E-state index in [1.807, 2.05) is 13.8 Å². The summed E-state index contributed by atoms with van der Waals surface area (Å²) >= 11 is 0. The van der Waals surface area contributed by atoms with Gasteiger partial charge in [-0.25, -0.2) is 9.18 Å². The quantitative estimate of drug-likeness (QED) is 0.748. The second-order valence-corrected chi connectivity index (χ2v) is 6.18. The SMILES string of the molecule is CC(C)CC(=O)Nc1ccc(C(=O)NC2(C(=O)O)CC2)cc1F. The maximum absolute atomic E-state index is 14.0. The van der Waals surface area contributed by atoms with E-state index in [1.165, 1.54) is 12.1 Å². The number of carbonyl (C=O) groups excluding carboxylic acids is 2. The van der Waals surface area contributed by atoms with Crippen LogP contribution in [0.5, 0.6) is 0 Å². The summed E-state index contributed by atoms with van der Waals surface area (Å²) in [4.78, 5) is 34.7. The van der Waals surface area contributed by atoms with Crippen molar-refractivity contribution in [3.63, 3.8) is 0 Å². The lowest BCUT2D eigenvalue weighted by Crippen LogP contribution is -2.43. The van der Waals surface area contributed by atoms with Gasteiger partial charge in [-0.3, -0.25) is 9.59 Å². The molecular weight excluding hydrogens is 303 g/mol. The molecular formula is C16H19FN2O4. The molecule has 1 fully saturated rings. The Bertz CT molecular complexity index is 653. The van der Waals surface area contributed by atoms with Crippen LogP contribution in [0.3, 0.4) is 0 Å². The molecule has 0 heterocycles. The number of anilines is 1. The third kappa shape index (κ3) is 4.06. The van der Waals surface area contributed by atoms with Crippen molar-refractivity contribution in [2.45, 2.75) is 38.6 Å². The number of carboxylic acid groups (broad SMARTS) is 1. The zero-order valence-electron chi connectivity index (χ0n) is 13.0. The molecule has 2 rings (SSSR count). The van der Waals surface area contributed by atoms with Gasteiger partial charge in [0, 0.05) is 12.0 Å². The zero-order chi connectivity index (χ0) is 17.2. The first-order valence-electron chi connectivity index (χ1n) is 7.39. The second-order valence-electron chi connectivity index (χ2n) is 6.18. The summed E-state index contributed by atoms with van der Waals surface area (Å²) in [7, 11) is 0. The predicted octanol–water partition coefficient (Wildman–Crippen LogP) is 2.16. The molecule has 0 spiro atoms. The first-order chi connectivity index (χ1) is 10.7. The summed E-state index contributed by atoms with van der Waals surface area (Å²) in [6.45, 7) is 3.75. The van der Waals surface area contributed by atoms with Crippen molar-refractivity contribution in [2.24, 2.45) is 5.92 Å². The highest BCUT2D eigenvalue weighted by Crippen LogP contribution is 2.35. The Morgan fingerprint density at radius 3 is 2.43 bits per heavy atom. The average molecular weight is 322 g/mol. The number of aliphatic carboxylic acids is 1. The fraction of sp³-hybridized carbons (Fsp3) is 0.438. The number of benzene rings is 1. The van der Waals surface area contributed by atoms with Crippen LogP contribution in [-0.2, 0) is 9.59 Å². The zero-order valence-corrected chi connectivity index (χ0v) is 13.0. The Balaban J connectivity index is 2.05.